The molecule has 1 aromatic carbocycles. The third-order valence-corrected chi connectivity index (χ3v) is 4.69. The molecule has 1 heterocycles. The number of carbonyl (C=O) groups is 1. The predicted molar refractivity (Wildman–Crippen MR) is 95.2 cm³/mol. The maximum Gasteiger partial charge on any atom is 0.326 e. The highest BCUT2D eigenvalue weighted by Gasteiger charge is 2.09. The summed E-state index contributed by atoms with van der Waals surface area (Å²) >= 11 is 6.46. The summed E-state index contributed by atoms with van der Waals surface area (Å²) in [4.78, 5) is 12.8. The lowest BCUT2D eigenvalue weighted by atomic mass is 10.3. The monoisotopic (exact) mass is 370 g/mol. The van der Waals surface area contributed by atoms with Crippen molar-refractivity contribution in [1.29, 1.82) is 0 Å². The molecular weight excluding hydrogens is 356 g/mol. The second-order valence-electron chi connectivity index (χ2n) is 4.51. The van der Waals surface area contributed by atoms with Crippen LogP contribution in [0.4, 0.5) is 15.5 Å². The molecule has 0 spiro atoms. The van der Waals surface area contributed by atoms with E-state index in [0.717, 1.165) is 4.88 Å². The van der Waals surface area contributed by atoms with Gasteiger partial charge in [0.25, 0.3) is 0 Å². The standard InChI is InChI=1S/C13H14N4O3S3/c1-8-2-7-11(22-8)16-12(18)17-13(21)15-9-3-5-10(6-4-9)23(14,19)20/h2-7H,1H3,(H2,14,19,20)(H3,15,16,17,18,21). The fourth-order valence-corrected chi connectivity index (χ4v) is 3.13. The van der Waals surface area contributed by atoms with Gasteiger partial charge in [-0.3, -0.25) is 10.6 Å². The van der Waals surface area contributed by atoms with E-state index in [1.54, 1.807) is 6.07 Å². The molecule has 10 heteroatoms. The molecule has 2 amide bonds. The van der Waals surface area contributed by atoms with Crippen molar-refractivity contribution in [3.8, 4) is 0 Å². The molecule has 0 saturated carbocycles. The Morgan fingerprint density at radius 2 is 1.78 bits per heavy atom. The minimum absolute atomic E-state index is 0.00673. The van der Waals surface area contributed by atoms with E-state index < -0.39 is 16.1 Å². The van der Waals surface area contributed by atoms with Crippen molar-refractivity contribution in [3.63, 3.8) is 0 Å². The van der Waals surface area contributed by atoms with Crippen LogP contribution in [0.3, 0.4) is 0 Å². The third-order valence-electron chi connectivity index (χ3n) is 2.64. The van der Waals surface area contributed by atoms with Crippen molar-refractivity contribution in [2.45, 2.75) is 11.8 Å². The molecule has 0 saturated heterocycles. The second-order valence-corrected chi connectivity index (χ2v) is 7.77. The van der Waals surface area contributed by atoms with Gasteiger partial charge in [-0.1, -0.05) is 0 Å². The molecule has 122 valence electrons. The summed E-state index contributed by atoms with van der Waals surface area (Å²) in [5.74, 6) is 0. The Hall–Kier alpha value is -2.01. The normalized spacial score (nSPS) is 10.9. The third kappa shape index (κ3) is 5.28. The number of urea groups is 1. The first-order valence-electron chi connectivity index (χ1n) is 6.32. The average Bonchev–Trinajstić information content (AvgIpc) is 2.83. The molecule has 0 aliphatic rings. The van der Waals surface area contributed by atoms with E-state index in [4.69, 9.17) is 17.4 Å². The molecule has 0 aliphatic heterocycles. The SMILES string of the molecule is Cc1ccc(NC(=O)NC(=S)Nc2ccc(S(N)(=O)=O)cc2)s1. The molecule has 2 aromatic rings. The number of aryl methyl sites for hydroxylation is 1. The number of thiocarbonyl (C=S) groups is 1. The first-order valence-corrected chi connectivity index (χ1v) is 9.09. The van der Waals surface area contributed by atoms with Gasteiger partial charge in [-0.2, -0.15) is 0 Å². The summed E-state index contributed by atoms with van der Waals surface area (Å²) in [7, 11) is -3.74. The van der Waals surface area contributed by atoms with Crippen LogP contribution in [0, 0.1) is 6.92 Å². The van der Waals surface area contributed by atoms with E-state index >= 15 is 0 Å². The molecule has 0 bridgehead atoms. The van der Waals surface area contributed by atoms with E-state index in [2.05, 4.69) is 16.0 Å². The molecule has 1 aromatic heterocycles. The van der Waals surface area contributed by atoms with E-state index in [1.807, 2.05) is 13.0 Å². The van der Waals surface area contributed by atoms with Crippen molar-refractivity contribution in [2.75, 3.05) is 10.6 Å². The van der Waals surface area contributed by atoms with Gasteiger partial charge in [0.1, 0.15) is 0 Å². The molecule has 0 fully saturated rings. The Labute approximate surface area is 142 Å². The Morgan fingerprint density at radius 1 is 1.13 bits per heavy atom. The minimum Gasteiger partial charge on any atom is -0.332 e. The van der Waals surface area contributed by atoms with Gasteiger partial charge >= 0.3 is 6.03 Å². The van der Waals surface area contributed by atoms with Gasteiger partial charge in [0, 0.05) is 10.6 Å². The Bertz CT molecular complexity index is 828. The number of hydrogen-bond acceptors (Lipinski definition) is 5. The van der Waals surface area contributed by atoms with Crippen LogP contribution >= 0.6 is 23.6 Å². The summed E-state index contributed by atoms with van der Waals surface area (Å²) in [5, 5.41) is 13.7. The zero-order valence-corrected chi connectivity index (χ0v) is 14.4. The first kappa shape index (κ1) is 17.3. The molecule has 23 heavy (non-hydrogen) atoms. The lowest BCUT2D eigenvalue weighted by Crippen LogP contribution is -2.37. The van der Waals surface area contributed by atoms with Gasteiger partial charge in [0.05, 0.1) is 9.90 Å². The highest BCUT2D eigenvalue weighted by atomic mass is 32.2. The van der Waals surface area contributed by atoms with Gasteiger partial charge in [-0.25, -0.2) is 18.4 Å². The molecule has 0 radical (unpaired) electrons. The summed E-state index contributed by atoms with van der Waals surface area (Å²) in [6, 6.07) is 8.89. The predicted octanol–water partition coefficient (Wildman–Crippen LogP) is 2.22. The summed E-state index contributed by atoms with van der Waals surface area (Å²) in [5.41, 5.74) is 0.523. The summed E-state index contributed by atoms with van der Waals surface area (Å²) < 4.78 is 22.3. The van der Waals surface area contributed by atoms with Crippen LogP contribution in [0.25, 0.3) is 0 Å². The number of rotatable bonds is 3. The van der Waals surface area contributed by atoms with Crippen molar-refractivity contribution in [2.24, 2.45) is 5.14 Å². The van der Waals surface area contributed by atoms with Crippen LogP contribution in [0.15, 0.2) is 41.3 Å². The number of thiophene rings is 1. The van der Waals surface area contributed by atoms with Crippen LogP contribution < -0.4 is 21.1 Å². The number of amides is 2. The topological polar surface area (TPSA) is 113 Å². The van der Waals surface area contributed by atoms with E-state index in [0.29, 0.717) is 10.7 Å². The van der Waals surface area contributed by atoms with Crippen molar-refractivity contribution < 1.29 is 13.2 Å². The van der Waals surface area contributed by atoms with Gasteiger partial charge in [0.15, 0.2) is 5.11 Å². The molecule has 0 atom stereocenters. The molecule has 7 nitrogen and oxygen atoms in total. The Kier molecular flexibility index (Phi) is 5.31. The quantitative estimate of drug-likeness (QED) is 0.619. The zero-order chi connectivity index (χ0) is 17.0. The number of anilines is 2. The number of sulfonamides is 1. The second kappa shape index (κ2) is 7.04. The average molecular weight is 370 g/mol. The maximum absolute atomic E-state index is 11.8. The molecule has 5 N–H and O–H groups in total. The summed E-state index contributed by atoms with van der Waals surface area (Å²) in [6.45, 7) is 1.94. The van der Waals surface area contributed by atoms with Crippen LogP contribution in [0.1, 0.15) is 4.88 Å². The first-order chi connectivity index (χ1) is 10.7. The fourth-order valence-electron chi connectivity index (χ4n) is 1.64. The number of nitrogens with one attached hydrogen (secondary N) is 3. The molecule has 2 rings (SSSR count). The van der Waals surface area contributed by atoms with E-state index in [9.17, 15) is 13.2 Å². The number of primary sulfonamides is 1. The summed E-state index contributed by atoms with van der Waals surface area (Å²) in [6.07, 6.45) is 0. The Balaban J connectivity index is 1.90. The van der Waals surface area contributed by atoms with Gasteiger partial charge in [-0.05, 0) is 55.5 Å². The minimum atomic E-state index is -3.74. The maximum atomic E-state index is 11.8. The highest BCUT2D eigenvalue weighted by molar-refractivity contribution is 7.89. The van der Waals surface area contributed by atoms with Crippen molar-refractivity contribution in [3.05, 3.63) is 41.3 Å². The van der Waals surface area contributed by atoms with E-state index in [-0.39, 0.29) is 10.0 Å². The fraction of sp³-hybridized carbons (Fsp3) is 0.0769. The largest absolute Gasteiger partial charge is 0.332 e. The number of nitrogens with two attached hydrogens (primary N) is 1. The van der Waals surface area contributed by atoms with Crippen molar-refractivity contribution in [1.82, 2.24) is 5.32 Å². The molecule has 0 unspecified atom stereocenters. The van der Waals surface area contributed by atoms with Crippen molar-refractivity contribution >= 4 is 55.4 Å². The highest BCUT2D eigenvalue weighted by Crippen LogP contribution is 2.20. The lowest BCUT2D eigenvalue weighted by Gasteiger charge is -2.10. The van der Waals surface area contributed by atoms with E-state index in [1.165, 1.54) is 35.6 Å². The van der Waals surface area contributed by atoms with Gasteiger partial charge in [-0.15, -0.1) is 11.3 Å². The zero-order valence-electron chi connectivity index (χ0n) is 12.0. The molecular formula is C13H14N4O3S3. The Morgan fingerprint density at radius 3 is 2.30 bits per heavy atom. The number of hydrogen-bond donors (Lipinski definition) is 4. The van der Waals surface area contributed by atoms with Crippen LogP contribution in [0.2, 0.25) is 0 Å². The van der Waals surface area contributed by atoms with Gasteiger partial charge < -0.3 is 5.32 Å². The van der Waals surface area contributed by atoms with Crippen LogP contribution in [-0.2, 0) is 10.0 Å². The lowest BCUT2D eigenvalue weighted by molar-refractivity contribution is 0.256. The molecule has 0 aliphatic carbocycles. The van der Waals surface area contributed by atoms with Gasteiger partial charge in [0.2, 0.25) is 10.0 Å². The van der Waals surface area contributed by atoms with Crippen LogP contribution in [-0.4, -0.2) is 19.6 Å². The smallest absolute Gasteiger partial charge is 0.326 e. The number of carbonyl (C=O) groups excluding carboxylic acids is 1. The number of benzene rings is 1. The van der Waals surface area contributed by atoms with Crippen LogP contribution in [0.5, 0.6) is 0 Å².